The number of rotatable bonds is 4. The van der Waals surface area contributed by atoms with Crippen LogP contribution < -0.4 is 10.1 Å². The van der Waals surface area contributed by atoms with E-state index < -0.39 is 0 Å². The zero-order valence-corrected chi connectivity index (χ0v) is 16.1. The first-order valence-electron chi connectivity index (χ1n) is 9.51. The number of nitrogens with zero attached hydrogens (tertiary/aromatic N) is 1. The zero-order valence-electron chi connectivity index (χ0n) is 15.3. The minimum Gasteiger partial charge on any atom is -0.496 e. The number of piperidine rings is 1. The predicted octanol–water partition coefficient (Wildman–Crippen LogP) is 3.65. The molecule has 26 heavy (non-hydrogen) atoms. The Hall–Kier alpha value is -1.75. The van der Waals surface area contributed by atoms with Crippen molar-refractivity contribution in [1.29, 1.82) is 0 Å². The Bertz CT molecular complexity index is 650. The SMILES string of the molecule is COc1ccc(Cl)cc1C(=O)NC1CCN(C(=O)C2CCCCC2)CC1. The number of hydrogen-bond acceptors (Lipinski definition) is 3. The van der Waals surface area contributed by atoms with Crippen LogP contribution in [0.1, 0.15) is 55.3 Å². The fourth-order valence-electron chi connectivity index (χ4n) is 3.97. The first-order valence-corrected chi connectivity index (χ1v) is 9.89. The van der Waals surface area contributed by atoms with Gasteiger partial charge in [0.25, 0.3) is 5.91 Å². The van der Waals surface area contributed by atoms with Crippen LogP contribution in [0.2, 0.25) is 5.02 Å². The van der Waals surface area contributed by atoms with Crippen LogP contribution in [-0.2, 0) is 4.79 Å². The predicted molar refractivity (Wildman–Crippen MR) is 102 cm³/mol. The van der Waals surface area contributed by atoms with Gasteiger partial charge in [0.2, 0.25) is 5.91 Å². The average Bonchev–Trinajstić information content (AvgIpc) is 2.68. The molecule has 3 rings (SSSR count). The van der Waals surface area contributed by atoms with Crippen LogP contribution in [0, 0.1) is 5.92 Å². The molecule has 6 heteroatoms. The Balaban J connectivity index is 1.53. The normalized spacial score (nSPS) is 19.2. The van der Waals surface area contributed by atoms with Gasteiger partial charge >= 0.3 is 0 Å². The molecule has 1 N–H and O–H groups in total. The number of amides is 2. The van der Waals surface area contributed by atoms with Gasteiger partial charge in [-0.2, -0.15) is 0 Å². The molecule has 0 bridgehead atoms. The summed E-state index contributed by atoms with van der Waals surface area (Å²) in [5.74, 6) is 0.856. The Morgan fingerprint density at radius 3 is 2.46 bits per heavy atom. The Kier molecular flexibility index (Phi) is 6.41. The molecule has 142 valence electrons. The van der Waals surface area contributed by atoms with Gasteiger partial charge in [-0.05, 0) is 43.9 Å². The van der Waals surface area contributed by atoms with Crippen molar-refractivity contribution < 1.29 is 14.3 Å². The van der Waals surface area contributed by atoms with Gasteiger partial charge in [0, 0.05) is 30.1 Å². The van der Waals surface area contributed by atoms with Gasteiger partial charge in [-0.3, -0.25) is 9.59 Å². The first-order chi connectivity index (χ1) is 12.6. The van der Waals surface area contributed by atoms with Crippen molar-refractivity contribution in [3.8, 4) is 5.75 Å². The molecular formula is C20H27ClN2O3. The molecule has 2 amide bonds. The van der Waals surface area contributed by atoms with E-state index in [1.54, 1.807) is 18.2 Å². The number of benzene rings is 1. The third kappa shape index (κ3) is 4.50. The fourth-order valence-corrected chi connectivity index (χ4v) is 4.14. The van der Waals surface area contributed by atoms with Gasteiger partial charge in [0.1, 0.15) is 5.75 Å². The molecule has 1 aliphatic heterocycles. The first kappa shape index (κ1) is 19.0. The Morgan fingerprint density at radius 2 is 1.81 bits per heavy atom. The molecule has 0 spiro atoms. The maximum Gasteiger partial charge on any atom is 0.255 e. The third-order valence-corrected chi connectivity index (χ3v) is 5.74. The highest BCUT2D eigenvalue weighted by atomic mass is 35.5. The number of carbonyl (C=O) groups excluding carboxylic acids is 2. The van der Waals surface area contributed by atoms with Gasteiger partial charge in [-0.15, -0.1) is 0 Å². The molecule has 1 saturated carbocycles. The van der Waals surface area contributed by atoms with E-state index in [2.05, 4.69) is 5.32 Å². The highest BCUT2D eigenvalue weighted by Gasteiger charge is 2.29. The lowest BCUT2D eigenvalue weighted by Gasteiger charge is -2.35. The van der Waals surface area contributed by atoms with Gasteiger partial charge in [-0.25, -0.2) is 0 Å². The monoisotopic (exact) mass is 378 g/mol. The number of hydrogen-bond donors (Lipinski definition) is 1. The van der Waals surface area contributed by atoms with Crippen molar-refractivity contribution in [2.75, 3.05) is 20.2 Å². The second-order valence-corrected chi connectivity index (χ2v) is 7.69. The highest BCUT2D eigenvalue weighted by molar-refractivity contribution is 6.31. The summed E-state index contributed by atoms with van der Waals surface area (Å²) in [5.41, 5.74) is 0.445. The Labute approximate surface area is 160 Å². The summed E-state index contributed by atoms with van der Waals surface area (Å²) in [6.07, 6.45) is 7.23. The van der Waals surface area contributed by atoms with Crippen LogP contribution in [0.4, 0.5) is 0 Å². The minimum absolute atomic E-state index is 0.0709. The maximum atomic E-state index is 12.6. The van der Waals surface area contributed by atoms with E-state index in [1.165, 1.54) is 26.4 Å². The van der Waals surface area contributed by atoms with E-state index in [0.717, 1.165) is 25.7 Å². The van der Waals surface area contributed by atoms with E-state index in [1.807, 2.05) is 4.90 Å². The number of nitrogens with one attached hydrogen (secondary N) is 1. The second-order valence-electron chi connectivity index (χ2n) is 7.25. The van der Waals surface area contributed by atoms with Crippen LogP contribution in [-0.4, -0.2) is 43.0 Å². The lowest BCUT2D eigenvalue weighted by Crippen LogP contribution is -2.48. The molecule has 1 aromatic carbocycles. The molecule has 5 nitrogen and oxygen atoms in total. The topological polar surface area (TPSA) is 58.6 Å². The van der Waals surface area contributed by atoms with Gasteiger partial charge < -0.3 is 15.0 Å². The quantitative estimate of drug-likeness (QED) is 0.869. The van der Waals surface area contributed by atoms with Crippen molar-refractivity contribution in [2.24, 2.45) is 5.92 Å². The number of ether oxygens (including phenoxy) is 1. The van der Waals surface area contributed by atoms with Crippen LogP contribution in [0.15, 0.2) is 18.2 Å². The molecule has 2 fully saturated rings. The molecule has 2 aliphatic rings. The standard InChI is InChI=1S/C20H27ClN2O3/c1-26-18-8-7-15(21)13-17(18)19(24)22-16-9-11-23(12-10-16)20(25)14-5-3-2-4-6-14/h7-8,13-14,16H,2-6,9-12H2,1H3,(H,22,24). The summed E-state index contributed by atoms with van der Waals surface area (Å²) in [5, 5.41) is 3.56. The molecule has 1 aromatic rings. The second kappa shape index (κ2) is 8.76. The van der Waals surface area contributed by atoms with E-state index in [4.69, 9.17) is 16.3 Å². The summed E-state index contributed by atoms with van der Waals surface area (Å²) in [4.78, 5) is 27.2. The molecule has 0 atom stereocenters. The largest absolute Gasteiger partial charge is 0.496 e. The van der Waals surface area contributed by atoms with Crippen LogP contribution in [0.5, 0.6) is 5.75 Å². The molecule has 0 unspecified atom stereocenters. The number of likely N-dealkylation sites (tertiary alicyclic amines) is 1. The fraction of sp³-hybridized carbons (Fsp3) is 0.600. The number of methoxy groups -OCH3 is 1. The smallest absolute Gasteiger partial charge is 0.255 e. The van der Waals surface area contributed by atoms with Crippen molar-refractivity contribution in [1.82, 2.24) is 10.2 Å². The van der Waals surface area contributed by atoms with Crippen molar-refractivity contribution in [3.63, 3.8) is 0 Å². The van der Waals surface area contributed by atoms with Crippen molar-refractivity contribution >= 4 is 23.4 Å². The van der Waals surface area contributed by atoms with E-state index >= 15 is 0 Å². The van der Waals surface area contributed by atoms with Gasteiger partial charge in [-0.1, -0.05) is 30.9 Å². The maximum absolute atomic E-state index is 12.6. The molecular weight excluding hydrogens is 352 g/mol. The lowest BCUT2D eigenvalue weighted by molar-refractivity contribution is -0.137. The summed E-state index contributed by atoms with van der Waals surface area (Å²) < 4.78 is 5.25. The summed E-state index contributed by atoms with van der Waals surface area (Å²) in [6.45, 7) is 1.43. The van der Waals surface area contributed by atoms with Crippen molar-refractivity contribution in [3.05, 3.63) is 28.8 Å². The molecule has 0 radical (unpaired) electrons. The van der Waals surface area contributed by atoms with E-state index in [-0.39, 0.29) is 17.9 Å². The van der Waals surface area contributed by atoms with Crippen LogP contribution in [0.25, 0.3) is 0 Å². The zero-order chi connectivity index (χ0) is 18.5. The molecule has 0 aromatic heterocycles. The van der Waals surface area contributed by atoms with Crippen LogP contribution >= 0.6 is 11.6 Å². The average molecular weight is 379 g/mol. The number of halogens is 1. The molecule has 1 aliphatic carbocycles. The summed E-state index contributed by atoms with van der Waals surface area (Å²) in [7, 11) is 1.54. The Morgan fingerprint density at radius 1 is 1.12 bits per heavy atom. The van der Waals surface area contributed by atoms with Gasteiger partial charge in [0.05, 0.1) is 12.7 Å². The lowest BCUT2D eigenvalue weighted by atomic mass is 9.87. The molecule has 1 saturated heterocycles. The van der Waals surface area contributed by atoms with Crippen molar-refractivity contribution in [2.45, 2.75) is 51.0 Å². The van der Waals surface area contributed by atoms with E-state index in [9.17, 15) is 9.59 Å². The summed E-state index contributed by atoms with van der Waals surface area (Å²) in [6, 6.07) is 5.09. The van der Waals surface area contributed by atoms with E-state index in [0.29, 0.717) is 35.3 Å². The molecule has 1 heterocycles. The minimum atomic E-state index is -0.179. The highest BCUT2D eigenvalue weighted by Crippen LogP contribution is 2.27. The van der Waals surface area contributed by atoms with Gasteiger partial charge in [0.15, 0.2) is 0 Å². The third-order valence-electron chi connectivity index (χ3n) is 5.50. The van der Waals surface area contributed by atoms with Crippen LogP contribution in [0.3, 0.4) is 0 Å². The summed E-state index contributed by atoms with van der Waals surface area (Å²) >= 11 is 6.01. The number of carbonyl (C=O) groups is 2.